The van der Waals surface area contributed by atoms with Gasteiger partial charge in [0.25, 0.3) is 5.91 Å². The van der Waals surface area contributed by atoms with Gasteiger partial charge in [-0.05, 0) is 55.8 Å². The molecule has 0 spiro atoms. The van der Waals surface area contributed by atoms with Crippen molar-refractivity contribution < 1.29 is 23.9 Å². The van der Waals surface area contributed by atoms with E-state index in [2.05, 4.69) is 5.10 Å². The summed E-state index contributed by atoms with van der Waals surface area (Å²) < 4.78 is 12.3. The number of fused-ring (bicyclic) bond motifs is 1. The number of imide groups is 1. The van der Waals surface area contributed by atoms with E-state index in [0.29, 0.717) is 47.6 Å². The summed E-state index contributed by atoms with van der Waals surface area (Å²) in [6, 6.07) is 18.5. The molecule has 9 heteroatoms. The number of likely N-dealkylation sites (tertiary alicyclic amines) is 1. The van der Waals surface area contributed by atoms with Crippen LogP contribution in [0.2, 0.25) is 0 Å². The van der Waals surface area contributed by atoms with E-state index in [1.54, 1.807) is 24.8 Å². The smallest absolute Gasteiger partial charge is 0.339 e. The van der Waals surface area contributed by atoms with Gasteiger partial charge in [-0.3, -0.25) is 14.5 Å². The summed E-state index contributed by atoms with van der Waals surface area (Å²) in [5.41, 5.74) is 3.41. The van der Waals surface area contributed by atoms with Crippen molar-refractivity contribution in [2.45, 2.75) is 19.8 Å². The average molecular weight is 485 g/mol. The molecule has 1 aliphatic heterocycles. The lowest BCUT2D eigenvalue weighted by Crippen LogP contribution is -2.35. The third-order valence-corrected chi connectivity index (χ3v) is 6.12. The minimum absolute atomic E-state index is 0.242. The van der Waals surface area contributed by atoms with Gasteiger partial charge in [-0.25, -0.2) is 14.5 Å². The van der Waals surface area contributed by atoms with Gasteiger partial charge in [-0.15, -0.1) is 0 Å². The van der Waals surface area contributed by atoms with Crippen molar-refractivity contribution in [3.63, 3.8) is 0 Å². The van der Waals surface area contributed by atoms with E-state index in [4.69, 9.17) is 14.5 Å². The first-order valence-corrected chi connectivity index (χ1v) is 11.6. The molecule has 2 aromatic carbocycles. The van der Waals surface area contributed by atoms with Crippen LogP contribution in [0, 0.1) is 6.92 Å². The van der Waals surface area contributed by atoms with Gasteiger partial charge in [0.1, 0.15) is 5.75 Å². The van der Waals surface area contributed by atoms with Gasteiger partial charge in [0, 0.05) is 18.5 Å². The topological polar surface area (TPSA) is 104 Å². The molecular formula is C27H24N4O5. The number of methoxy groups -OCH3 is 1. The Hall–Kier alpha value is -4.53. The summed E-state index contributed by atoms with van der Waals surface area (Å²) in [5, 5.41) is 5.17. The lowest BCUT2D eigenvalue weighted by atomic mass is 10.1. The molecule has 0 radical (unpaired) electrons. The van der Waals surface area contributed by atoms with Crippen LogP contribution in [0.25, 0.3) is 28.0 Å². The Bertz CT molecular complexity index is 1460. The number of ether oxygens (including phenoxy) is 2. The van der Waals surface area contributed by atoms with Crippen molar-refractivity contribution in [3.8, 4) is 22.7 Å². The number of aromatic nitrogens is 3. The van der Waals surface area contributed by atoms with E-state index < -0.39 is 18.5 Å². The van der Waals surface area contributed by atoms with Gasteiger partial charge in [-0.1, -0.05) is 18.2 Å². The summed E-state index contributed by atoms with van der Waals surface area (Å²) in [6.07, 6.45) is 0.945. The van der Waals surface area contributed by atoms with Crippen LogP contribution in [-0.4, -0.2) is 57.7 Å². The molecule has 0 bridgehead atoms. The van der Waals surface area contributed by atoms with Gasteiger partial charge in [0.15, 0.2) is 12.3 Å². The molecule has 0 unspecified atom stereocenters. The zero-order valence-electron chi connectivity index (χ0n) is 19.9. The SMILES string of the molecule is COc1ccc(-c2cc(C(=O)OCC(=O)N3CCCC3=O)c3c(C)nn(-c4ccccc4)c3n2)cc1. The standard InChI is InChI=1S/C27H24N4O5/c1-17-25-21(27(34)36-16-24(33)30-14-6-9-23(30)32)15-22(18-10-12-20(35-2)13-11-18)28-26(25)31(29-17)19-7-4-3-5-8-19/h3-5,7-8,10-13,15H,6,9,14,16H2,1-2H3. The monoisotopic (exact) mass is 484 g/mol. The quantitative estimate of drug-likeness (QED) is 0.384. The Morgan fingerprint density at radius 1 is 1.06 bits per heavy atom. The minimum atomic E-state index is -0.687. The molecular weight excluding hydrogens is 460 g/mol. The van der Waals surface area contributed by atoms with Crippen LogP contribution < -0.4 is 4.74 Å². The third-order valence-electron chi connectivity index (χ3n) is 6.12. The van der Waals surface area contributed by atoms with Crippen molar-refractivity contribution in [1.29, 1.82) is 0 Å². The number of aryl methyl sites for hydroxylation is 1. The normalized spacial score (nSPS) is 13.3. The van der Waals surface area contributed by atoms with E-state index in [-0.39, 0.29) is 11.5 Å². The summed E-state index contributed by atoms with van der Waals surface area (Å²) in [6.45, 7) is 1.62. The highest BCUT2D eigenvalue weighted by atomic mass is 16.5. The molecule has 3 heterocycles. The highest BCUT2D eigenvalue weighted by Gasteiger charge is 2.28. The zero-order chi connectivity index (χ0) is 25.2. The summed E-state index contributed by atoms with van der Waals surface area (Å²) in [5.74, 6) is -0.764. The van der Waals surface area contributed by atoms with Crippen LogP contribution in [0.3, 0.4) is 0 Å². The fourth-order valence-corrected chi connectivity index (χ4v) is 4.30. The first-order chi connectivity index (χ1) is 17.5. The van der Waals surface area contributed by atoms with Crippen molar-refractivity contribution in [2.75, 3.05) is 20.3 Å². The molecule has 5 rings (SSSR count). The van der Waals surface area contributed by atoms with Crippen LogP contribution in [-0.2, 0) is 14.3 Å². The van der Waals surface area contributed by atoms with Gasteiger partial charge < -0.3 is 9.47 Å². The predicted molar refractivity (Wildman–Crippen MR) is 132 cm³/mol. The van der Waals surface area contributed by atoms with Crippen molar-refractivity contribution in [1.82, 2.24) is 19.7 Å². The van der Waals surface area contributed by atoms with Crippen LogP contribution in [0.5, 0.6) is 5.75 Å². The van der Waals surface area contributed by atoms with Gasteiger partial charge in [0.05, 0.1) is 35.1 Å². The molecule has 0 N–H and O–H groups in total. The van der Waals surface area contributed by atoms with Crippen molar-refractivity contribution in [2.24, 2.45) is 0 Å². The largest absolute Gasteiger partial charge is 0.497 e. The summed E-state index contributed by atoms with van der Waals surface area (Å²) >= 11 is 0. The Labute approximate surface area is 207 Å². The summed E-state index contributed by atoms with van der Waals surface area (Å²) in [4.78, 5) is 43.6. The average Bonchev–Trinajstić information content (AvgIpc) is 3.50. The molecule has 36 heavy (non-hydrogen) atoms. The molecule has 1 saturated heterocycles. The Balaban J connectivity index is 1.57. The molecule has 2 amide bonds. The number of pyridine rings is 1. The Morgan fingerprint density at radius 3 is 2.47 bits per heavy atom. The number of carbonyl (C=O) groups excluding carboxylic acids is 3. The molecule has 4 aromatic rings. The Kier molecular flexibility index (Phi) is 6.20. The van der Waals surface area contributed by atoms with Gasteiger partial charge >= 0.3 is 5.97 Å². The first kappa shape index (κ1) is 23.2. The third kappa shape index (κ3) is 4.31. The minimum Gasteiger partial charge on any atom is -0.497 e. The number of hydrogen-bond donors (Lipinski definition) is 0. The number of nitrogens with zero attached hydrogens (tertiary/aromatic N) is 4. The number of hydrogen-bond acceptors (Lipinski definition) is 7. The number of rotatable bonds is 6. The van der Waals surface area contributed by atoms with E-state index in [9.17, 15) is 14.4 Å². The number of benzene rings is 2. The Morgan fingerprint density at radius 2 is 1.81 bits per heavy atom. The second-order valence-corrected chi connectivity index (χ2v) is 8.43. The molecule has 0 aliphatic carbocycles. The molecule has 9 nitrogen and oxygen atoms in total. The zero-order valence-corrected chi connectivity index (χ0v) is 19.9. The number of carbonyl (C=O) groups is 3. The molecule has 0 saturated carbocycles. The van der Waals surface area contributed by atoms with E-state index >= 15 is 0 Å². The van der Waals surface area contributed by atoms with Crippen LogP contribution in [0.1, 0.15) is 28.9 Å². The van der Waals surface area contributed by atoms with E-state index in [1.165, 1.54) is 0 Å². The lowest BCUT2D eigenvalue weighted by molar-refractivity contribution is -0.143. The van der Waals surface area contributed by atoms with Crippen LogP contribution >= 0.6 is 0 Å². The fourth-order valence-electron chi connectivity index (χ4n) is 4.30. The van der Waals surface area contributed by atoms with Crippen molar-refractivity contribution in [3.05, 3.63) is 71.9 Å². The summed E-state index contributed by atoms with van der Waals surface area (Å²) in [7, 11) is 1.59. The van der Waals surface area contributed by atoms with Crippen LogP contribution in [0.4, 0.5) is 0 Å². The van der Waals surface area contributed by atoms with E-state index in [0.717, 1.165) is 16.2 Å². The molecule has 182 valence electrons. The van der Waals surface area contributed by atoms with E-state index in [1.807, 2.05) is 54.6 Å². The highest BCUT2D eigenvalue weighted by molar-refractivity contribution is 6.06. The predicted octanol–water partition coefficient (Wildman–Crippen LogP) is 3.71. The fraction of sp³-hybridized carbons (Fsp3) is 0.222. The number of esters is 1. The van der Waals surface area contributed by atoms with Gasteiger partial charge in [0.2, 0.25) is 5.91 Å². The molecule has 1 aliphatic rings. The van der Waals surface area contributed by atoms with Gasteiger partial charge in [-0.2, -0.15) is 5.10 Å². The maximum atomic E-state index is 13.3. The lowest BCUT2D eigenvalue weighted by Gasteiger charge is -2.14. The second-order valence-electron chi connectivity index (χ2n) is 8.43. The second kappa shape index (κ2) is 9.61. The highest BCUT2D eigenvalue weighted by Crippen LogP contribution is 2.30. The maximum absolute atomic E-state index is 13.3. The molecule has 1 fully saturated rings. The maximum Gasteiger partial charge on any atom is 0.339 e. The molecule has 2 aromatic heterocycles. The number of para-hydroxylation sites is 1. The first-order valence-electron chi connectivity index (χ1n) is 11.6. The molecule has 0 atom stereocenters. The number of amides is 2. The van der Waals surface area contributed by atoms with Crippen LogP contribution in [0.15, 0.2) is 60.7 Å². The van der Waals surface area contributed by atoms with Crippen molar-refractivity contribution >= 4 is 28.8 Å².